The fourth-order valence-electron chi connectivity index (χ4n) is 6.54. The van der Waals surface area contributed by atoms with Crippen molar-refractivity contribution in [1.29, 1.82) is 5.26 Å². The van der Waals surface area contributed by atoms with Crippen LogP contribution in [0, 0.1) is 11.3 Å². The van der Waals surface area contributed by atoms with Crippen LogP contribution in [0.2, 0.25) is 0 Å². The van der Waals surface area contributed by atoms with Gasteiger partial charge in [0.2, 0.25) is 0 Å². The second kappa shape index (κ2) is 9.72. The lowest BCUT2D eigenvalue weighted by Crippen LogP contribution is -2.05. The van der Waals surface area contributed by atoms with Crippen LogP contribution in [0.4, 0.5) is 0 Å². The summed E-state index contributed by atoms with van der Waals surface area (Å²) in [4.78, 5) is 4.82. The van der Waals surface area contributed by atoms with Crippen molar-refractivity contribution in [1.82, 2.24) is 9.55 Å². The first-order valence-corrected chi connectivity index (χ1v) is 14.6. The maximum absolute atomic E-state index is 9.69. The first-order chi connectivity index (χ1) is 21.1. The molecule has 0 unspecified atom stereocenters. The molecule has 43 heavy (non-hydrogen) atoms. The standard InChI is InChI=1S/C39H27N3O/c1-24(2)39-32(33-11-7-8-18-41-33)21-27(26-15-17-38-31(20-26)29-10-4-6-13-37(29)43-38)22-36(39)42-34-12-5-3-9-28(34)30-19-25(23-40)14-16-35(30)42/h3-22,24H,1-2H3. The van der Waals surface area contributed by atoms with Gasteiger partial charge in [0.1, 0.15) is 11.2 Å². The SMILES string of the molecule is CC(C)c1c(-c2ccccn2)cc(-c2ccc3oc4ccccc4c3c2)cc1-n1c2ccccc2c2cc(C#N)ccc21. The van der Waals surface area contributed by atoms with E-state index in [1.807, 2.05) is 42.6 Å². The molecule has 0 aliphatic heterocycles. The Morgan fingerprint density at radius 3 is 2.26 bits per heavy atom. The number of fused-ring (bicyclic) bond motifs is 6. The molecule has 0 fully saturated rings. The lowest BCUT2D eigenvalue weighted by molar-refractivity contribution is 0.669. The number of para-hydroxylation sites is 2. The molecule has 0 N–H and O–H groups in total. The summed E-state index contributed by atoms with van der Waals surface area (Å²) in [6.07, 6.45) is 1.86. The molecule has 5 aromatic carbocycles. The van der Waals surface area contributed by atoms with E-state index in [2.05, 4.69) is 103 Å². The van der Waals surface area contributed by atoms with Crippen LogP contribution in [-0.2, 0) is 0 Å². The molecule has 0 aliphatic rings. The normalized spacial score (nSPS) is 11.7. The molecule has 0 radical (unpaired) electrons. The van der Waals surface area contributed by atoms with Gasteiger partial charge < -0.3 is 8.98 Å². The molecule has 8 rings (SSSR count). The van der Waals surface area contributed by atoms with Crippen molar-refractivity contribution in [2.24, 2.45) is 0 Å². The number of rotatable bonds is 4. The van der Waals surface area contributed by atoms with Gasteiger partial charge in [-0.3, -0.25) is 4.98 Å². The molecule has 0 saturated carbocycles. The average molecular weight is 554 g/mol. The Morgan fingerprint density at radius 2 is 1.44 bits per heavy atom. The lowest BCUT2D eigenvalue weighted by atomic mass is 9.89. The van der Waals surface area contributed by atoms with Gasteiger partial charge in [0, 0.05) is 33.3 Å². The zero-order valence-corrected chi connectivity index (χ0v) is 23.9. The molecule has 0 atom stereocenters. The third kappa shape index (κ3) is 3.94. The Kier molecular flexibility index (Phi) is 5.67. The summed E-state index contributed by atoms with van der Waals surface area (Å²) >= 11 is 0. The monoisotopic (exact) mass is 553 g/mol. The fourth-order valence-corrected chi connectivity index (χ4v) is 6.54. The van der Waals surface area contributed by atoms with Crippen molar-refractivity contribution >= 4 is 43.7 Å². The summed E-state index contributed by atoms with van der Waals surface area (Å²) in [5, 5.41) is 14.1. The van der Waals surface area contributed by atoms with Gasteiger partial charge in [-0.1, -0.05) is 62.4 Å². The van der Waals surface area contributed by atoms with Crippen molar-refractivity contribution in [3.05, 3.63) is 133 Å². The number of pyridine rings is 1. The van der Waals surface area contributed by atoms with Gasteiger partial charge in [-0.15, -0.1) is 0 Å². The van der Waals surface area contributed by atoms with Gasteiger partial charge in [0.05, 0.1) is 34.0 Å². The predicted octanol–water partition coefficient (Wildman–Crippen LogP) is 10.4. The first kappa shape index (κ1) is 25.1. The van der Waals surface area contributed by atoms with Gasteiger partial charge in [-0.25, -0.2) is 0 Å². The molecule has 3 heterocycles. The smallest absolute Gasteiger partial charge is 0.135 e. The van der Waals surface area contributed by atoms with Crippen LogP contribution in [0.15, 0.2) is 126 Å². The zero-order chi connectivity index (χ0) is 29.1. The van der Waals surface area contributed by atoms with Gasteiger partial charge in [-0.05, 0) is 89.3 Å². The quantitative estimate of drug-likeness (QED) is 0.218. The van der Waals surface area contributed by atoms with E-state index in [0.29, 0.717) is 5.56 Å². The number of nitrogens with zero attached hydrogens (tertiary/aromatic N) is 3. The Balaban J connectivity index is 1.49. The minimum Gasteiger partial charge on any atom is -0.456 e. The van der Waals surface area contributed by atoms with Crippen molar-refractivity contribution in [2.45, 2.75) is 19.8 Å². The highest BCUT2D eigenvalue weighted by atomic mass is 16.3. The highest BCUT2D eigenvalue weighted by Gasteiger charge is 2.22. The van der Waals surface area contributed by atoms with Crippen LogP contribution >= 0.6 is 0 Å². The molecule has 0 bridgehead atoms. The van der Waals surface area contributed by atoms with E-state index in [1.165, 1.54) is 5.56 Å². The largest absolute Gasteiger partial charge is 0.456 e. The lowest BCUT2D eigenvalue weighted by Gasteiger charge is -2.22. The van der Waals surface area contributed by atoms with Gasteiger partial charge in [0.25, 0.3) is 0 Å². The Bertz CT molecular complexity index is 2390. The van der Waals surface area contributed by atoms with E-state index >= 15 is 0 Å². The number of hydrogen-bond donors (Lipinski definition) is 0. The zero-order valence-electron chi connectivity index (χ0n) is 23.9. The minimum atomic E-state index is 0.218. The molecule has 4 nitrogen and oxygen atoms in total. The summed E-state index contributed by atoms with van der Waals surface area (Å²) < 4.78 is 8.51. The Morgan fingerprint density at radius 1 is 0.674 bits per heavy atom. The Labute approximate surface area is 249 Å². The molecule has 0 saturated heterocycles. The summed E-state index contributed by atoms with van der Waals surface area (Å²) in [5.74, 6) is 0.218. The summed E-state index contributed by atoms with van der Waals surface area (Å²) in [6, 6.07) is 42.1. The molecule has 8 aromatic rings. The van der Waals surface area contributed by atoms with E-state index in [1.54, 1.807) is 0 Å². The second-order valence-corrected chi connectivity index (χ2v) is 11.3. The first-order valence-electron chi connectivity index (χ1n) is 14.6. The number of nitriles is 1. The third-order valence-corrected chi connectivity index (χ3v) is 8.43. The third-order valence-electron chi connectivity index (χ3n) is 8.43. The van der Waals surface area contributed by atoms with E-state index in [4.69, 9.17) is 9.40 Å². The molecule has 204 valence electrons. The van der Waals surface area contributed by atoms with Crippen LogP contribution in [0.25, 0.3) is 71.8 Å². The minimum absolute atomic E-state index is 0.218. The molecule has 0 amide bonds. The molecular formula is C39H27N3O. The van der Waals surface area contributed by atoms with Gasteiger partial charge in [0.15, 0.2) is 0 Å². The van der Waals surface area contributed by atoms with Crippen molar-refractivity contribution in [3.63, 3.8) is 0 Å². The predicted molar refractivity (Wildman–Crippen MR) is 176 cm³/mol. The summed E-state index contributed by atoms with van der Waals surface area (Å²) in [6.45, 7) is 4.49. The highest BCUT2D eigenvalue weighted by molar-refractivity contribution is 6.10. The van der Waals surface area contributed by atoms with Crippen LogP contribution in [-0.4, -0.2) is 9.55 Å². The van der Waals surface area contributed by atoms with Crippen molar-refractivity contribution < 1.29 is 4.42 Å². The van der Waals surface area contributed by atoms with Crippen LogP contribution in [0.3, 0.4) is 0 Å². The number of furan rings is 1. The second-order valence-electron chi connectivity index (χ2n) is 11.3. The van der Waals surface area contributed by atoms with E-state index in [9.17, 15) is 5.26 Å². The summed E-state index contributed by atoms with van der Waals surface area (Å²) in [7, 11) is 0. The Hall–Kier alpha value is -5.66. The number of hydrogen-bond acceptors (Lipinski definition) is 3. The molecule has 0 spiro atoms. The topological polar surface area (TPSA) is 54.8 Å². The maximum Gasteiger partial charge on any atom is 0.135 e. The number of aromatic nitrogens is 2. The highest BCUT2D eigenvalue weighted by Crippen LogP contribution is 2.42. The molecule has 4 heteroatoms. The molecule has 0 aliphatic carbocycles. The molecule has 3 aromatic heterocycles. The van der Waals surface area contributed by atoms with Crippen LogP contribution < -0.4 is 0 Å². The fraction of sp³-hybridized carbons (Fsp3) is 0.0769. The summed E-state index contributed by atoms with van der Waals surface area (Å²) in [5.41, 5.74) is 11.2. The van der Waals surface area contributed by atoms with Crippen LogP contribution in [0.1, 0.15) is 30.9 Å². The van der Waals surface area contributed by atoms with Gasteiger partial charge >= 0.3 is 0 Å². The van der Waals surface area contributed by atoms with E-state index < -0.39 is 0 Å². The maximum atomic E-state index is 9.69. The van der Waals surface area contributed by atoms with Crippen molar-refractivity contribution in [2.75, 3.05) is 0 Å². The van der Waals surface area contributed by atoms with Gasteiger partial charge in [-0.2, -0.15) is 5.26 Å². The molecular weight excluding hydrogens is 526 g/mol. The van der Waals surface area contributed by atoms with E-state index in [-0.39, 0.29) is 5.92 Å². The van der Waals surface area contributed by atoms with Crippen LogP contribution in [0.5, 0.6) is 0 Å². The van der Waals surface area contributed by atoms with Crippen molar-refractivity contribution in [3.8, 4) is 34.1 Å². The average Bonchev–Trinajstić information content (AvgIpc) is 3.59. The number of benzene rings is 5. The van der Waals surface area contributed by atoms with E-state index in [0.717, 1.165) is 71.8 Å².